The molecule has 3 aliphatic rings. The molecule has 184 valence electrons. The lowest BCUT2D eigenvalue weighted by Gasteiger charge is -2.24. The second-order valence-electron chi connectivity index (χ2n) is 9.56. The molecule has 7 nitrogen and oxygen atoms in total. The highest BCUT2D eigenvalue weighted by Gasteiger charge is 2.33. The molecule has 7 heteroatoms. The van der Waals surface area contributed by atoms with Crippen LogP contribution in [0.1, 0.15) is 49.7 Å². The summed E-state index contributed by atoms with van der Waals surface area (Å²) in [6.07, 6.45) is 10.0. The SMILES string of the molecule is O=C(Nc1ccc(/C=C/c2ccc(NC(=O)[C@@H]3CCCN3OC[C@H]3CCCO3)cc2)cc1)C1CC1. The van der Waals surface area contributed by atoms with Crippen LogP contribution in [0.2, 0.25) is 0 Å². The Morgan fingerprint density at radius 3 is 2.06 bits per heavy atom. The molecule has 2 aliphatic heterocycles. The Balaban J connectivity index is 1.10. The van der Waals surface area contributed by atoms with E-state index in [2.05, 4.69) is 10.6 Å². The smallest absolute Gasteiger partial charge is 0.244 e. The molecular formula is C28H33N3O4. The van der Waals surface area contributed by atoms with Gasteiger partial charge in [0, 0.05) is 30.4 Å². The lowest BCUT2D eigenvalue weighted by Crippen LogP contribution is -2.40. The van der Waals surface area contributed by atoms with Gasteiger partial charge in [0.05, 0.1) is 12.7 Å². The van der Waals surface area contributed by atoms with E-state index in [1.807, 2.05) is 65.7 Å². The Bertz CT molecular complexity index is 1040. The van der Waals surface area contributed by atoms with E-state index in [9.17, 15) is 9.59 Å². The van der Waals surface area contributed by atoms with Crippen LogP contribution >= 0.6 is 0 Å². The summed E-state index contributed by atoms with van der Waals surface area (Å²) in [7, 11) is 0. The Morgan fingerprint density at radius 1 is 0.857 bits per heavy atom. The van der Waals surface area contributed by atoms with Crippen LogP contribution in [0.5, 0.6) is 0 Å². The molecule has 0 aromatic heterocycles. The summed E-state index contributed by atoms with van der Waals surface area (Å²) in [6.45, 7) is 2.08. The van der Waals surface area contributed by atoms with E-state index in [0.717, 1.165) is 74.2 Å². The van der Waals surface area contributed by atoms with Gasteiger partial charge in [0.2, 0.25) is 11.8 Å². The first kappa shape index (κ1) is 23.7. The number of ether oxygens (including phenoxy) is 1. The van der Waals surface area contributed by atoms with Crippen LogP contribution in [0.4, 0.5) is 11.4 Å². The number of hydroxylamine groups is 2. The average Bonchev–Trinajstić information content (AvgIpc) is 3.39. The molecule has 5 rings (SSSR count). The fourth-order valence-electron chi connectivity index (χ4n) is 4.47. The second kappa shape index (κ2) is 11.2. The first-order valence-electron chi connectivity index (χ1n) is 12.7. The van der Waals surface area contributed by atoms with E-state index in [0.29, 0.717) is 6.61 Å². The Labute approximate surface area is 206 Å². The zero-order valence-corrected chi connectivity index (χ0v) is 19.9. The average molecular weight is 476 g/mol. The number of amides is 2. The zero-order valence-electron chi connectivity index (χ0n) is 19.9. The van der Waals surface area contributed by atoms with Crippen molar-refractivity contribution in [2.24, 2.45) is 5.92 Å². The van der Waals surface area contributed by atoms with Crippen LogP contribution in [0.15, 0.2) is 48.5 Å². The van der Waals surface area contributed by atoms with E-state index in [4.69, 9.17) is 9.57 Å². The highest BCUT2D eigenvalue weighted by atomic mass is 16.7. The van der Waals surface area contributed by atoms with Crippen LogP contribution in [-0.2, 0) is 19.2 Å². The highest BCUT2D eigenvalue weighted by Crippen LogP contribution is 2.30. The van der Waals surface area contributed by atoms with E-state index in [1.54, 1.807) is 0 Å². The van der Waals surface area contributed by atoms with Crippen molar-refractivity contribution in [3.63, 3.8) is 0 Å². The molecule has 0 bridgehead atoms. The molecule has 0 spiro atoms. The number of rotatable bonds is 9. The molecule has 3 fully saturated rings. The predicted molar refractivity (Wildman–Crippen MR) is 136 cm³/mol. The molecule has 2 saturated heterocycles. The van der Waals surface area contributed by atoms with Crippen LogP contribution in [0.3, 0.4) is 0 Å². The lowest BCUT2D eigenvalue weighted by atomic mass is 10.1. The lowest BCUT2D eigenvalue weighted by molar-refractivity contribution is -0.189. The van der Waals surface area contributed by atoms with Crippen molar-refractivity contribution < 1.29 is 19.2 Å². The summed E-state index contributed by atoms with van der Waals surface area (Å²) in [5.74, 6) is 0.281. The van der Waals surface area contributed by atoms with Gasteiger partial charge < -0.3 is 15.4 Å². The van der Waals surface area contributed by atoms with Crippen molar-refractivity contribution in [1.29, 1.82) is 0 Å². The standard InChI is InChI=1S/C28H33N3O4/c32-27(22-11-12-22)29-23-13-7-20(8-14-23)5-6-21-9-15-24(16-10-21)30-28(33)26-4-1-17-31(26)35-19-25-3-2-18-34-25/h5-10,13-16,22,25-26H,1-4,11-12,17-19H2,(H,29,32)(H,30,33)/b6-5+/t25-,26+/m1/s1. The van der Waals surface area contributed by atoms with Gasteiger partial charge in [-0.2, -0.15) is 5.06 Å². The highest BCUT2D eigenvalue weighted by molar-refractivity contribution is 5.95. The Hall–Kier alpha value is -3.00. The largest absolute Gasteiger partial charge is 0.376 e. The van der Waals surface area contributed by atoms with Gasteiger partial charge in [-0.3, -0.25) is 14.4 Å². The molecule has 2 amide bonds. The first-order valence-corrected chi connectivity index (χ1v) is 12.7. The third kappa shape index (κ3) is 6.57. The number of hydrogen-bond acceptors (Lipinski definition) is 5. The maximum absolute atomic E-state index is 12.8. The van der Waals surface area contributed by atoms with Crippen molar-refractivity contribution in [3.05, 3.63) is 59.7 Å². The van der Waals surface area contributed by atoms with Crippen molar-refractivity contribution >= 4 is 35.3 Å². The third-order valence-corrected chi connectivity index (χ3v) is 6.73. The first-order chi connectivity index (χ1) is 17.1. The van der Waals surface area contributed by atoms with Gasteiger partial charge in [0.1, 0.15) is 6.04 Å². The molecule has 2 atom stereocenters. The maximum atomic E-state index is 12.8. The monoisotopic (exact) mass is 475 g/mol. The van der Waals surface area contributed by atoms with E-state index >= 15 is 0 Å². The van der Waals surface area contributed by atoms with Crippen LogP contribution in [0, 0.1) is 5.92 Å². The van der Waals surface area contributed by atoms with E-state index in [-0.39, 0.29) is 29.9 Å². The minimum absolute atomic E-state index is 0.0352. The number of benzene rings is 2. The second-order valence-corrected chi connectivity index (χ2v) is 9.56. The quantitative estimate of drug-likeness (QED) is 0.513. The fraction of sp³-hybridized carbons (Fsp3) is 0.429. The van der Waals surface area contributed by atoms with Gasteiger partial charge in [0.25, 0.3) is 0 Å². The molecular weight excluding hydrogens is 442 g/mol. The minimum atomic E-state index is -0.270. The van der Waals surface area contributed by atoms with Gasteiger partial charge in [-0.25, -0.2) is 0 Å². The van der Waals surface area contributed by atoms with Crippen LogP contribution < -0.4 is 10.6 Å². The zero-order chi connectivity index (χ0) is 24.0. The molecule has 35 heavy (non-hydrogen) atoms. The molecule has 1 saturated carbocycles. The Morgan fingerprint density at radius 2 is 1.49 bits per heavy atom. The molecule has 0 unspecified atom stereocenters. The number of carbonyl (C=O) groups excluding carboxylic acids is 2. The van der Waals surface area contributed by atoms with Crippen molar-refractivity contribution in [2.45, 2.75) is 50.7 Å². The predicted octanol–water partition coefficient (Wildman–Crippen LogP) is 4.72. The summed E-state index contributed by atoms with van der Waals surface area (Å²) < 4.78 is 5.62. The van der Waals surface area contributed by atoms with Gasteiger partial charge in [-0.05, 0) is 73.9 Å². The molecule has 2 aromatic carbocycles. The normalized spacial score (nSPS) is 22.5. The Kier molecular flexibility index (Phi) is 7.57. The fourth-order valence-corrected chi connectivity index (χ4v) is 4.47. The van der Waals surface area contributed by atoms with Crippen LogP contribution in [-0.4, -0.2) is 48.8 Å². The number of nitrogens with zero attached hydrogens (tertiary/aromatic N) is 1. The number of anilines is 2. The molecule has 2 aromatic rings. The number of carbonyl (C=O) groups is 2. The van der Waals surface area contributed by atoms with Gasteiger partial charge in [-0.15, -0.1) is 0 Å². The summed E-state index contributed by atoms with van der Waals surface area (Å²) in [5, 5.41) is 7.80. The van der Waals surface area contributed by atoms with Crippen molar-refractivity contribution in [1.82, 2.24) is 5.06 Å². The molecule has 0 radical (unpaired) electrons. The van der Waals surface area contributed by atoms with Crippen molar-refractivity contribution in [3.8, 4) is 0 Å². The van der Waals surface area contributed by atoms with Crippen LogP contribution in [0.25, 0.3) is 12.2 Å². The topological polar surface area (TPSA) is 79.9 Å². The van der Waals surface area contributed by atoms with Gasteiger partial charge in [0.15, 0.2) is 0 Å². The summed E-state index contributed by atoms with van der Waals surface area (Å²) in [4.78, 5) is 30.6. The number of hydrogen-bond donors (Lipinski definition) is 2. The molecule has 2 heterocycles. The maximum Gasteiger partial charge on any atom is 0.244 e. The van der Waals surface area contributed by atoms with Gasteiger partial charge in [-0.1, -0.05) is 36.4 Å². The molecule has 1 aliphatic carbocycles. The van der Waals surface area contributed by atoms with E-state index < -0.39 is 0 Å². The van der Waals surface area contributed by atoms with Gasteiger partial charge >= 0.3 is 0 Å². The minimum Gasteiger partial charge on any atom is -0.376 e. The summed E-state index contributed by atoms with van der Waals surface area (Å²) >= 11 is 0. The summed E-state index contributed by atoms with van der Waals surface area (Å²) in [5.41, 5.74) is 3.69. The molecule has 2 N–H and O–H groups in total. The summed E-state index contributed by atoms with van der Waals surface area (Å²) in [6, 6.07) is 15.4. The number of nitrogens with one attached hydrogen (secondary N) is 2. The van der Waals surface area contributed by atoms with Crippen molar-refractivity contribution in [2.75, 3.05) is 30.4 Å². The third-order valence-electron chi connectivity index (χ3n) is 6.73. The van der Waals surface area contributed by atoms with E-state index in [1.165, 1.54) is 0 Å².